The van der Waals surface area contributed by atoms with Crippen LogP contribution in [0, 0.1) is 0 Å². The van der Waals surface area contributed by atoms with Crippen LogP contribution in [0.3, 0.4) is 0 Å². The van der Waals surface area contributed by atoms with Crippen molar-refractivity contribution in [1.29, 1.82) is 0 Å². The number of nitrogens with zero attached hydrogens (tertiary/aromatic N) is 3. The number of rotatable bonds is 3. The van der Waals surface area contributed by atoms with Crippen molar-refractivity contribution in [1.82, 2.24) is 14.8 Å². The van der Waals surface area contributed by atoms with Crippen LogP contribution < -0.4 is 0 Å². The van der Waals surface area contributed by atoms with Crippen molar-refractivity contribution in [2.24, 2.45) is 0 Å². The van der Waals surface area contributed by atoms with Crippen LogP contribution in [0.15, 0.2) is 17.9 Å². The van der Waals surface area contributed by atoms with Crippen LogP contribution in [0.5, 0.6) is 0 Å². The van der Waals surface area contributed by atoms with Crippen molar-refractivity contribution in [2.75, 3.05) is 7.11 Å². The Labute approximate surface area is 80.0 Å². The van der Waals surface area contributed by atoms with Gasteiger partial charge in [0, 0.05) is 5.54 Å². The summed E-state index contributed by atoms with van der Waals surface area (Å²) in [5.74, 6) is -0.501. The van der Waals surface area contributed by atoms with Crippen molar-refractivity contribution >= 4 is 17.6 Å². The molecule has 6 heteroatoms. The molecule has 0 radical (unpaired) electrons. The molecule has 0 bridgehead atoms. The fraction of sp³-hybridized carbons (Fsp3) is 0.286. The van der Waals surface area contributed by atoms with Gasteiger partial charge in [-0.05, 0) is 0 Å². The average Bonchev–Trinajstić information content (AvgIpc) is 2.62. The summed E-state index contributed by atoms with van der Waals surface area (Å²) in [5, 5.41) is 3.84. The van der Waals surface area contributed by atoms with Gasteiger partial charge in [0.15, 0.2) is 0 Å². The lowest BCUT2D eigenvalue weighted by atomic mass is 10.6. The lowest BCUT2D eigenvalue weighted by Crippen LogP contribution is -2.05. The standard InChI is InChI=1S/C7H8ClN3O2/c1-13-7(12)6-9-5-11(10-6)4-2-3-8/h2-3,5H,4H2,1H3/b3-2+. The normalized spacial score (nSPS) is 10.6. The van der Waals surface area contributed by atoms with Crippen LogP contribution >= 0.6 is 11.6 Å². The fourth-order valence-electron chi connectivity index (χ4n) is 0.715. The van der Waals surface area contributed by atoms with Crippen molar-refractivity contribution in [3.05, 3.63) is 23.8 Å². The number of aromatic nitrogens is 3. The molecule has 0 aliphatic rings. The van der Waals surface area contributed by atoms with E-state index in [4.69, 9.17) is 11.6 Å². The Morgan fingerprint density at radius 3 is 3.23 bits per heavy atom. The van der Waals surface area contributed by atoms with Crippen LogP contribution in [0.4, 0.5) is 0 Å². The van der Waals surface area contributed by atoms with Gasteiger partial charge in [-0.2, -0.15) is 0 Å². The van der Waals surface area contributed by atoms with Crippen molar-refractivity contribution in [2.45, 2.75) is 6.54 Å². The summed E-state index contributed by atoms with van der Waals surface area (Å²) >= 11 is 5.31. The number of carbonyl (C=O) groups excluding carboxylic acids is 1. The highest BCUT2D eigenvalue weighted by molar-refractivity contribution is 6.25. The molecular formula is C7H8ClN3O2. The highest BCUT2D eigenvalue weighted by Crippen LogP contribution is 1.93. The first-order valence-corrected chi connectivity index (χ1v) is 3.94. The zero-order valence-electron chi connectivity index (χ0n) is 6.98. The molecule has 0 aliphatic carbocycles. The van der Waals surface area contributed by atoms with E-state index in [-0.39, 0.29) is 5.82 Å². The molecule has 0 fully saturated rings. The van der Waals surface area contributed by atoms with Gasteiger partial charge in [0.1, 0.15) is 6.33 Å². The van der Waals surface area contributed by atoms with Crippen LogP contribution in [-0.4, -0.2) is 27.8 Å². The average molecular weight is 202 g/mol. The molecule has 1 heterocycles. The number of methoxy groups -OCH3 is 1. The molecule has 13 heavy (non-hydrogen) atoms. The summed E-state index contributed by atoms with van der Waals surface area (Å²) in [4.78, 5) is 14.6. The number of allylic oxidation sites excluding steroid dienone is 1. The second-order valence-electron chi connectivity index (χ2n) is 2.14. The van der Waals surface area contributed by atoms with Gasteiger partial charge >= 0.3 is 5.97 Å². The Morgan fingerprint density at radius 2 is 2.62 bits per heavy atom. The summed E-state index contributed by atoms with van der Waals surface area (Å²) in [6.45, 7) is 0.480. The SMILES string of the molecule is COC(=O)c1ncn(C/C=C/Cl)n1. The zero-order valence-corrected chi connectivity index (χ0v) is 7.73. The molecule has 0 saturated heterocycles. The van der Waals surface area contributed by atoms with Gasteiger partial charge < -0.3 is 4.74 Å². The summed E-state index contributed by atoms with van der Waals surface area (Å²) < 4.78 is 5.91. The van der Waals surface area contributed by atoms with Gasteiger partial charge in [0.25, 0.3) is 5.82 Å². The van der Waals surface area contributed by atoms with E-state index < -0.39 is 5.97 Å². The summed E-state index contributed by atoms with van der Waals surface area (Å²) in [7, 11) is 1.28. The molecule has 0 saturated carbocycles. The van der Waals surface area contributed by atoms with Crippen LogP contribution in [0.1, 0.15) is 10.6 Å². The lowest BCUT2D eigenvalue weighted by Gasteiger charge is -1.92. The highest BCUT2D eigenvalue weighted by Gasteiger charge is 2.09. The van der Waals surface area contributed by atoms with Gasteiger partial charge in [-0.3, -0.25) is 0 Å². The molecule has 0 aromatic carbocycles. The maximum atomic E-state index is 10.9. The lowest BCUT2D eigenvalue weighted by molar-refractivity contribution is 0.0586. The van der Waals surface area contributed by atoms with Gasteiger partial charge in [-0.25, -0.2) is 14.5 Å². The van der Waals surface area contributed by atoms with E-state index in [1.807, 2.05) is 0 Å². The van der Waals surface area contributed by atoms with Crippen LogP contribution in [-0.2, 0) is 11.3 Å². The first-order chi connectivity index (χ1) is 6.27. The first-order valence-electron chi connectivity index (χ1n) is 3.51. The maximum absolute atomic E-state index is 10.9. The summed E-state index contributed by atoms with van der Waals surface area (Å²) in [6, 6.07) is 0. The minimum Gasteiger partial charge on any atom is -0.463 e. The highest BCUT2D eigenvalue weighted by atomic mass is 35.5. The Bertz CT molecular complexity index is 321. The summed E-state index contributed by atoms with van der Waals surface area (Å²) in [5.41, 5.74) is 1.37. The van der Waals surface area contributed by atoms with Crippen molar-refractivity contribution in [3.63, 3.8) is 0 Å². The fourth-order valence-corrected chi connectivity index (χ4v) is 0.795. The minimum absolute atomic E-state index is 0.0467. The Kier molecular flexibility index (Phi) is 3.45. The molecule has 1 aromatic heterocycles. The molecule has 5 nitrogen and oxygen atoms in total. The smallest absolute Gasteiger partial charge is 0.377 e. The number of halogens is 1. The van der Waals surface area contributed by atoms with Crippen LogP contribution in [0.2, 0.25) is 0 Å². The van der Waals surface area contributed by atoms with Crippen molar-refractivity contribution in [3.8, 4) is 0 Å². The van der Waals surface area contributed by atoms with E-state index in [2.05, 4.69) is 14.8 Å². The number of esters is 1. The molecule has 0 N–H and O–H groups in total. The van der Waals surface area contributed by atoms with E-state index in [1.165, 1.54) is 23.7 Å². The van der Waals surface area contributed by atoms with Crippen LogP contribution in [0.25, 0.3) is 0 Å². The zero-order chi connectivity index (χ0) is 9.68. The predicted octanol–water partition coefficient (Wildman–Crippen LogP) is 0.817. The second-order valence-corrected chi connectivity index (χ2v) is 2.40. The van der Waals surface area contributed by atoms with E-state index >= 15 is 0 Å². The third-order valence-corrected chi connectivity index (χ3v) is 1.46. The van der Waals surface area contributed by atoms with E-state index in [1.54, 1.807) is 6.08 Å². The van der Waals surface area contributed by atoms with Gasteiger partial charge in [0.2, 0.25) is 0 Å². The molecule has 1 rings (SSSR count). The third kappa shape index (κ3) is 2.55. The molecule has 0 amide bonds. The maximum Gasteiger partial charge on any atom is 0.377 e. The predicted molar refractivity (Wildman–Crippen MR) is 46.4 cm³/mol. The quantitative estimate of drug-likeness (QED) is 0.680. The Morgan fingerprint density at radius 1 is 1.85 bits per heavy atom. The first kappa shape index (κ1) is 9.73. The largest absolute Gasteiger partial charge is 0.463 e. The molecule has 1 aromatic rings. The van der Waals surface area contributed by atoms with E-state index in [9.17, 15) is 4.79 Å². The molecule has 0 aliphatic heterocycles. The molecule has 0 spiro atoms. The number of carbonyl (C=O) groups is 1. The second kappa shape index (κ2) is 4.61. The molecular weight excluding hydrogens is 194 g/mol. The van der Waals surface area contributed by atoms with Gasteiger partial charge in [0.05, 0.1) is 13.7 Å². The van der Waals surface area contributed by atoms with Crippen molar-refractivity contribution < 1.29 is 9.53 Å². The van der Waals surface area contributed by atoms with Gasteiger partial charge in [-0.1, -0.05) is 17.7 Å². The Balaban J connectivity index is 2.68. The topological polar surface area (TPSA) is 57.0 Å². The summed E-state index contributed by atoms with van der Waals surface area (Å²) in [6.07, 6.45) is 3.11. The molecule has 70 valence electrons. The number of hydrogen-bond acceptors (Lipinski definition) is 4. The molecule has 0 atom stereocenters. The minimum atomic E-state index is -0.548. The Hall–Kier alpha value is -1.36. The third-order valence-electron chi connectivity index (χ3n) is 1.29. The molecule has 0 unspecified atom stereocenters. The van der Waals surface area contributed by atoms with E-state index in [0.717, 1.165) is 0 Å². The van der Waals surface area contributed by atoms with E-state index in [0.29, 0.717) is 6.54 Å². The number of hydrogen-bond donors (Lipinski definition) is 0. The monoisotopic (exact) mass is 201 g/mol. The number of ether oxygens (including phenoxy) is 1. The van der Waals surface area contributed by atoms with Gasteiger partial charge in [-0.15, -0.1) is 5.10 Å².